The molecule has 108 valence electrons. The van der Waals surface area contributed by atoms with Crippen molar-refractivity contribution < 1.29 is 4.42 Å². The molecule has 3 nitrogen and oxygen atoms in total. The van der Waals surface area contributed by atoms with Gasteiger partial charge in [0, 0.05) is 25.6 Å². The van der Waals surface area contributed by atoms with Gasteiger partial charge in [-0.1, -0.05) is 20.8 Å². The predicted octanol–water partition coefficient (Wildman–Crippen LogP) is 3.05. The quantitative estimate of drug-likeness (QED) is 0.820. The van der Waals surface area contributed by atoms with Crippen LogP contribution >= 0.6 is 0 Å². The Balaban J connectivity index is 1.91. The molecule has 1 saturated heterocycles. The van der Waals surface area contributed by atoms with Crippen molar-refractivity contribution in [3.63, 3.8) is 0 Å². The number of aryl methyl sites for hydroxylation is 1. The van der Waals surface area contributed by atoms with Gasteiger partial charge in [0.1, 0.15) is 11.5 Å². The van der Waals surface area contributed by atoms with Gasteiger partial charge in [-0.3, -0.25) is 4.90 Å². The first kappa shape index (κ1) is 14.6. The van der Waals surface area contributed by atoms with Gasteiger partial charge in [0.05, 0.1) is 6.54 Å². The van der Waals surface area contributed by atoms with Gasteiger partial charge in [0.25, 0.3) is 0 Å². The summed E-state index contributed by atoms with van der Waals surface area (Å²) < 4.78 is 5.85. The van der Waals surface area contributed by atoms with Crippen molar-refractivity contribution in [2.45, 2.75) is 52.6 Å². The molecule has 2 rings (SSSR count). The fraction of sp³-hybridized carbons (Fsp3) is 0.750. The van der Waals surface area contributed by atoms with Crippen molar-refractivity contribution >= 4 is 0 Å². The van der Waals surface area contributed by atoms with Crippen LogP contribution < -0.4 is 5.32 Å². The average molecular weight is 264 g/mol. The minimum atomic E-state index is 0.666. The molecular formula is C16H28N2O. The van der Waals surface area contributed by atoms with Crippen molar-refractivity contribution in [3.8, 4) is 0 Å². The zero-order valence-electron chi connectivity index (χ0n) is 12.6. The van der Waals surface area contributed by atoms with Crippen molar-refractivity contribution in [2.75, 3.05) is 19.6 Å². The molecule has 1 aliphatic heterocycles. The van der Waals surface area contributed by atoms with E-state index in [4.69, 9.17) is 4.42 Å². The lowest BCUT2D eigenvalue weighted by Crippen LogP contribution is -2.38. The molecule has 1 aromatic rings. The summed E-state index contributed by atoms with van der Waals surface area (Å²) in [5.41, 5.74) is 0. The summed E-state index contributed by atoms with van der Waals surface area (Å²) in [5, 5.41) is 3.59. The highest BCUT2D eigenvalue weighted by molar-refractivity contribution is 5.07. The molecule has 19 heavy (non-hydrogen) atoms. The molecule has 2 heterocycles. The van der Waals surface area contributed by atoms with Gasteiger partial charge >= 0.3 is 0 Å². The second-order valence-electron chi connectivity index (χ2n) is 6.10. The van der Waals surface area contributed by atoms with Crippen LogP contribution in [0, 0.1) is 5.92 Å². The highest BCUT2D eigenvalue weighted by Gasteiger charge is 2.19. The minimum absolute atomic E-state index is 0.666. The van der Waals surface area contributed by atoms with Gasteiger partial charge in [-0.15, -0.1) is 0 Å². The molecule has 1 aromatic heterocycles. The van der Waals surface area contributed by atoms with Gasteiger partial charge < -0.3 is 9.73 Å². The van der Waals surface area contributed by atoms with Crippen molar-refractivity contribution in [1.29, 1.82) is 0 Å². The van der Waals surface area contributed by atoms with Gasteiger partial charge in [-0.2, -0.15) is 0 Å². The highest BCUT2D eigenvalue weighted by atomic mass is 16.3. The van der Waals surface area contributed by atoms with Crippen LogP contribution in [-0.4, -0.2) is 30.6 Å². The first-order chi connectivity index (χ1) is 9.17. The summed E-state index contributed by atoms with van der Waals surface area (Å²) in [6, 6.07) is 4.91. The van der Waals surface area contributed by atoms with E-state index in [9.17, 15) is 0 Å². The Kier molecular flexibility index (Phi) is 5.46. The number of rotatable bonds is 7. The first-order valence-electron chi connectivity index (χ1n) is 7.70. The third-order valence-electron chi connectivity index (χ3n) is 3.71. The highest BCUT2D eigenvalue weighted by Crippen LogP contribution is 2.15. The Morgan fingerprint density at radius 3 is 2.74 bits per heavy atom. The van der Waals surface area contributed by atoms with E-state index < -0.39 is 0 Å². The molecule has 1 unspecified atom stereocenters. The lowest BCUT2D eigenvalue weighted by Gasteiger charge is -2.26. The van der Waals surface area contributed by atoms with Crippen molar-refractivity contribution in [2.24, 2.45) is 5.92 Å². The van der Waals surface area contributed by atoms with Gasteiger partial charge in [0.2, 0.25) is 0 Å². The van der Waals surface area contributed by atoms with Crippen LogP contribution in [0.25, 0.3) is 0 Å². The average Bonchev–Trinajstić information content (AvgIpc) is 2.99. The van der Waals surface area contributed by atoms with Crippen LogP contribution in [0.15, 0.2) is 16.5 Å². The van der Waals surface area contributed by atoms with Crippen molar-refractivity contribution in [3.05, 3.63) is 23.7 Å². The van der Waals surface area contributed by atoms with E-state index in [-0.39, 0.29) is 0 Å². The summed E-state index contributed by atoms with van der Waals surface area (Å²) in [7, 11) is 0. The van der Waals surface area contributed by atoms with Crippen LogP contribution in [0.4, 0.5) is 0 Å². The lowest BCUT2D eigenvalue weighted by atomic mass is 10.1. The summed E-state index contributed by atoms with van der Waals surface area (Å²) in [5.74, 6) is 2.90. The Hall–Kier alpha value is -0.800. The van der Waals surface area contributed by atoms with Crippen LogP contribution in [0.1, 0.15) is 45.1 Å². The fourth-order valence-corrected chi connectivity index (χ4v) is 2.86. The topological polar surface area (TPSA) is 28.4 Å². The molecule has 0 aromatic carbocycles. The largest absolute Gasteiger partial charge is 0.465 e. The van der Waals surface area contributed by atoms with E-state index in [1.807, 2.05) is 0 Å². The van der Waals surface area contributed by atoms with E-state index in [0.717, 1.165) is 37.6 Å². The van der Waals surface area contributed by atoms with Crippen LogP contribution in [0.2, 0.25) is 0 Å². The Morgan fingerprint density at radius 1 is 1.37 bits per heavy atom. The van der Waals surface area contributed by atoms with Crippen LogP contribution in [0.5, 0.6) is 0 Å². The molecule has 1 atom stereocenters. The van der Waals surface area contributed by atoms with E-state index in [1.54, 1.807) is 0 Å². The number of furan rings is 1. The lowest BCUT2D eigenvalue weighted by molar-refractivity contribution is 0.200. The van der Waals surface area contributed by atoms with Crippen molar-refractivity contribution in [1.82, 2.24) is 10.2 Å². The summed E-state index contributed by atoms with van der Waals surface area (Å²) >= 11 is 0. The molecular weight excluding hydrogens is 236 g/mol. The predicted molar refractivity (Wildman–Crippen MR) is 79.2 cm³/mol. The van der Waals surface area contributed by atoms with Crippen LogP contribution in [0.3, 0.4) is 0 Å². The van der Waals surface area contributed by atoms with Crippen LogP contribution in [-0.2, 0) is 13.0 Å². The number of nitrogens with one attached hydrogen (secondary N) is 1. The third-order valence-corrected chi connectivity index (χ3v) is 3.71. The normalized spacial score (nSPS) is 19.7. The number of hydrogen-bond acceptors (Lipinski definition) is 3. The Labute approximate surface area is 117 Å². The molecule has 0 radical (unpaired) electrons. The SMILES string of the molecule is CCc1ccc(CN(CC(C)C)CC2CCCN2)o1. The maximum absolute atomic E-state index is 5.85. The molecule has 0 amide bonds. The Morgan fingerprint density at radius 2 is 2.16 bits per heavy atom. The van der Waals surface area contributed by atoms with Gasteiger partial charge in [-0.05, 0) is 37.4 Å². The molecule has 1 N–H and O–H groups in total. The van der Waals surface area contributed by atoms with E-state index in [0.29, 0.717) is 12.0 Å². The summed E-state index contributed by atoms with van der Waals surface area (Å²) in [6.45, 7) is 11.1. The zero-order chi connectivity index (χ0) is 13.7. The first-order valence-corrected chi connectivity index (χ1v) is 7.70. The second kappa shape index (κ2) is 7.11. The maximum Gasteiger partial charge on any atom is 0.118 e. The molecule has 1 fully saturated rings. The third kappa shape index (κ3) is 4.66. The molecule has 1 aliphatic rings. The fourth-order valence-electron chi connectivity index (χ4n) is 2.86. The standard InChI is InChI=1S/C16H28N2O/c1-4-15-7-8-16(19-15)12-18(10-13(2)3)11-14-6-5-9-17-14/h7-8,13-14,17H,4-6,9-12H2,1-3H3. The summed E-state index contributed by atoms with van der Waals surface area (Å²) in [4.78, 5) is 2.53. The molecule has 0 aliphatic carbocycles. The second-order valence-corrected chi connectivity index (χ2v) is 6.10. The zero-order valence-corrected chi connectivity index (χ0v) is 12.6. The number of hydrogen-bond donors (Lipinski definition) is 1. The number of nitrogens with zero attached hydrogens (tertiary/aromatic N) is 1. The molecule has 0 spiro atoms. The molecule has 3 heteroatoms. The Bertz CT molecular complexity index is 367. The smallest absolute Gasteiger partial charge is 0.118 e. The van der Waals surface area contributed by atoms with Gasteiger partial charge in [-0.25, -0.2) is 0 Å². The molecule has 0 saturated carbocycles. The van der Waals surface area contributed by atoms with Gasteiger partial charge in [0.15, 0.2) is 0 Å². The monoisotopic (exact) mass is 264 g/mol. The molecule has 0 bridgehead atoms. The minimum Gasteiger partial charge on any atom is -0.465 e. The van der Waals surface area contributed by atoms with E-state index in [1.165, 1.54) is 19.4 Å². The summed E-state index contributed by atoms with van der Waals surface area (Å²) in [6.07, 6.45) is 3.61. The van der Waals surface area contributed by atoms with E-state index in [2.05, 4.69) is 43.1 Å². The van der Waals surface area contributed by atoms with E-state index >= 15 is 0 Å². The maximum atomic E-state index is 5.85.